The molecule has 3 rings (SSSR count). The van der Waals surface area contributed by atoms with Gasteiger partial charge in [-0.05, 0) is 38.1 Å². The maximum atomic E-state index is 12.6. The van der Waals surface area contributed by atoms with Crippen molar-refractivity contribution in [1.82, 2.24) is 24.8 Å². The summed E-state index contributed by atoms with van der Waals surface area (Å²) >= 11 is 1.54. The zero-order valence-electron chi connectivity index (χ0n) is 18.1. The predicted molar refractivity (Wildman–Crippen MR) is 125 cm³/mol. The van der Waals surface area contributed by atoms with Crippen LogP contribution in [0.15, 0.2) is 29.9 Å². The summed E-state index contributed by atoms with van der Waals surface area (Å²) in [6.07, 6.45) is 3.61. The monoisotopic (exact) mass is 446 g/mol. The number of hydrogen-bond acceptors (Lipinski definition) is 7. The Balaban J connectivity index is 1.94. The van der Waals surface area contributed by atoms with Gasteiger partial charge in [0, 0.05) is 18.7 Å². The maximum Gasteiger partial charge on any atom is 0.330 e. The molecular formula is C21H29FN7OS+. The molecule has 31 heavy (non-hydrogen) atoms. The summed E-state index contributed by atoms with van der Waals surface area (Å²) in [6.45, 7) is 0.409. The highest BCUT2D eigenvalue weighted by atomic mass is 32.1. The molecule has 1 amide bonds. The smallest absolute Gasteiger partial charge is 0.330 e. The SMILES string of the molecule is CNCC(CCCCF)[N+](C)(C)c1ncc(C(N)=O)c(Nc2ccc3ncsc3c2)n1. The number of nitrogens with one attached hydrogen (secondary N) is 2. The van der Waals surface area contributed by atoms with Crippen molar-refractivity contribution in [3.8, 4) is 0 Å². The fourth-order valence-electron chi connectivity index (χ4n) is 3.52. The molecule has 0 aliphatic carbocycles. The lowest BCUT2D eigenvalue weighted by atomic mass is 10.1. The topological polar surface area (TPSA) is 106 Å². The van der Waals surface area contributed by atoms with E-state index in [1.165, 1.54) is 17.5 Å². The van der Waals surface area contributed by atoms with E-state index in [0.717, 1.165) is 35.3 Å². The number of unbranched alkanes of at least 4 members (excludes halogenated alkanes) is 1. The summed E-state index contributed by atoms with van der Waals surface area (Å²) in [4.78, 5) is 25.4. The van der Waals surface area contributed by atoms with Crippen LogP contribution in [0.2, 0.25) is 0 Å². The molecule has 166 valence electrons. The van der Waals surface area contributed by atoms with Crippen LogP contribution in [-0.4, -0.2) is 61.3 Å². The zero-order valence-corrected chi connectivity index (χ0v) is 18.9. The van der Waals surface area contributed by atoms with E-state index < -0.39 is 5.91 Å². The molecule has 2 aromatic heterocycles. The highest BCUT2D eigenvalue weighted by Gasteiger charge is 2.33. The Kier molecular flexibility index (Phi) is 7.47. The number of alkyl halides is 1. The Labute approximate surface area is 185 Å². The molecule has 8 nitrogen and oxygen atoms in total. The Morgan fingerprint density at radius 3 is 2.81 bits per heavy atom. The summed E-state index contributed by atoms with van der Waals surface area (Å²) in [6, 6.07) is 5.89. The molecule has 0 bridgehead atoms. The minimum Gasteiger partial charge on any atom is -0.365 e. The molecule has 3 aromatic rings. The van der Waals surface area contributed by atoms with Crippen molar-refractivity contribution >= 4 is 44.9 Å². The van der Waals surface area contributed by atoms with Crippen molar-refractivity contribution in [3.63, 3.8) is 0 Å². The Morgan fingerprint density at radius 2 is 2.10 bits per heavy atom. The van der Waals surface area contributed by atoms with Gasteiger partial charge in [0.15, 0.2) is 5.82 Å². The third-order valence-electron chi connectivity index (χ3n) is 5.42. The van der Waals surface area contributed by atoms with E-state index in [-0.39, 0.29) is 18.3 Å². The van der Waals surface area contributed by atoms with Gasteiger partial charge < -0.3 is 16.4 Å². The number of quaternary nitrogens is 1. The van der Waals surface area contributed by atoms with Gasteiger partial charge in [-0.15, -0.1) is 11.3 Å². The molecule has 0 aliphatic rings. The van der Waals surface area contributed by atoms with E-state index in [2.05, 4.69) is 20.6 Å². The molecule has 1 unspecified atom stereocenters. The number of likely N-dealkylation sites (N-methyl/N-ethyl adjacent to an activating group) is 2. The van der Waals surface area contributed by atoms with Crippen LogP contribution in [0.4, 0.5) is 21.8 Å². The second-order valence-corrected chi connectivity index (χ2v) is 8.78. The number of anilines is 2. The van der Waals surface area contributed by atoms with Crippen molar-refractivity contribution in [2.24, 2.45) is 5.73 Å². The lowest BCUT2D eigenvalue weighted by Crippen LogP contribution is -2.55. The Morgan fingerprint density at radius 1 is 1.29 bits per heavy atom. The number of benzene rings is 1. The van der Waals surface area contributed by atoms with E-state index in [4.69, 9.17) is 10.7 Å². The normalized spacial score (nSPS) is 12.8. The third-order valence-corrected chi connectivity index (χ3v) is 6.22. The molecule has 0 saturated carbocycles. The molecule has 0 fully saturated rings. The van der Waals surface area contributed by atoms with Crippen molar-refractivity contribution in [2.45, 2.75) is 25.3 Å². The summed E-state index contributed by atoms with van der Waals surface area (Å²) in [5.41, 5.74) is 9.27. The first-order valence-corrected chi connectivity index (χ1v) is 11.1. The Bertz CT molecular complexity index is 1040. The lowest BCUT2D eigenvalue weighted by Gasteiger charge is -2.35. The number of thiazole rings is 1. The van der Waals surface area contributed by atoms with Crippen LogP contribution in [0.1, 0.15) is 29.6 Å². The molecule has 0 saturated heterocycles. The van der Waals surface area contributed by atoms with Gasteiger partial charge in [-0.1, -0.05) is 0 Å². The summed E-state index contributed by atoms with van der Waals surface area (Å²) in [7, 11) is 5.93. The number of carbonyl (C=O) groups excluding carboxylic acids is 1. The molecule has 2 heterocycles. The summed E-state index contributed by atoms with van der Waals surface area (Å²) in [5, 5.41) is 6.43. The van der Waals surface area contributed by atoms with Crippen LogP contribution >= 0.6 is 11.3 Å². The number of halogens is 1. The van der Waals surface area contributed by atoms with Crippen molar-refractivity contribution < 1.29 is 9.18 Å². The Hall–Kier alpha value is -2.69. The predicted octanol–water partition coefficient (Wildman–Crippen LogP) is 3.22. The average molecular weight is 447 g/mol. The van der Waals surface area contributed by atoms with Gasteiger partial charge in [0.05, 0.1) is 42.7 Å². The molecular weight excluding hydrogens is 417 g/mol. The average Bonchev–Trinajstić information content (AvgIpc) is 3.21. The van der Waals surface area contributed by atoms with Crippen LogP contribution in [0, 0.1) is 0 Å². The van der Waals surface area contributed by atoms with E-state index in [9.17, 15) is 9.18 Å². The minimum atomic E-state index is -0.604. The summed E-state index contributed by atoms with van der Waals surface area (Å²) in [5.74, 6) is 0.305. The fraction of sp³-hybridized carbons (Fsp3) is 0.429. The summed E-state index contributed by atoms with van der Waals surface area (Å²) < 4.78 is 14.0. The fourth-order valence-corrected chi connectivity index (χ4v) is 4.24. The highest BCUT2D eigenvalue weighted by molar-refractivity contribution is 7.16. The van der Waals surface area contributed by atoms with Gasteiger partial charge in [-0.25, -0.2) is 4.98 Å². The largest absolute Gasteiger partial charge is 0.365 e. The first-order valence-electron chi connectivity index (χ1n) is 10.2. The van der Waals surface area contributed by atoms with Gasteiger partial charge in [0.1, 0.15) is 11.6 Å². The molecule has 1 aromatic carbocycles. The highest BCUT2D eigenvalue weighted by Crippen LogP contribution is 2.28. The van der Waals surface area contributed by atoms with E-state index in [1.807, 2.05) is 39.3 Å². The number of nitrogens with two attached hydrogens (primary N) is 1. The second kappa shape index (κ2) is 10.1. The van der Waals surface area contributed by atoms with Gasteiger partial charge in [0.2, 0.25) is 0 Å². The molecule has 4 N–H and O–H groups in total. The maximum absolute atomic E-state index is 12.6. The standard InChI is InChI=1S/C21H28FN7OS/c1-24-11-15(6-4-5-9-22)29(2,3)21-25-12-16(19(23)30)20(28-21)27-14-7-8-17-18(10-14)31-13-26-17/h7-8,10,12-13,15,24H,4-6,9,11H2,1-3H3,(H2-,23,25,27,28,30)/p+1. The van der Waals surface area contributed by atoms with Crippen LogP contribution in [0.25, 0.3) is 10.2 Å². The molecule has 0 spiro atoms. The number of rotatable bonds is 11. The number of aromatic nitrogens is 3. The number of amides is 1. The van der Waals surface area contributed by atoms with Crippen LogP contribution in [0.3, 0.4) is 0 Å². The first-order chi connectivity index (χ1) is 14.9. The third kappa shape index (κ3) is 5.33. The number of hydrogen-bond donors (Lipinski definition) is 3. The van der Waals surface area contributed by atoms with E-state index >= 15 is 0 Å². The number of carbonyl (C=O) groups is 1. The molecule has 10 heteroatoms. The van der Waals surface area contributed by atoms with Gasteiger partial charge in [-0.3, -0.25) is 13.7 Å². The van der Waals surface area contributed by atoms with E-state index in [0.29, 0.717) is 22.7 Å². The molecule has 1 atom stereocenters. The van der Waals surface area contributed by atoms with Crippen LogP contribution in [0.5, 0.6) is 0 Å². The van der Waals surface area contributed by atoms with Gasteiger partial charge in [0.25, 0.3) is 5.91 Å². The van der Waals surface area contributed by atoms with E-state index in [1.54, 1.807) is 5.51 Å². The second-order valence-electron chi connectivity index (χ2n) is 7.89. The lowest BCUT2D eigenvalue weighted by molar-refractivity contribution is 0.100. The van der Waals surface area contributed by atoms with Crippen LogP contribution < -0.4 is 20.9 Å². The first kappa shape index (κ1) is 23.0. The quantitative estimate of drug-likeness (QED) is 0.308. The number of primary amides is 1. The molecule has 0 radical (unpaired) electrons. The van der Waals surface area contributed by atoms with Crippen molar-refractivity contribution in [1.29, 1.82) is 0 Å². The zero-order chi connectivity index (χ0) is 22.4. The van der Waals surface area contributed by atoms with Gasteiger partial charge in [-0.2, -0.15) is 9.97 Å². The van der Waals surface area contributed by atoms with Gasteiger partial charge >= 0.3 is 5.95 Å². The van der Waals surface area contributed by atoms with Crippen LogP contribution in [-0.2, 0) is 0 Å². The minimum absolute atomic E-state index is 0.136. The number of fused-ring (bicyclic) bond motifs is 1. The van der Waals surface area contributed by atoms with Crippen molar-refractivity contribution in [3.05, 3.63) is 35.5 Å². The number of nitrogens with zero attached hydrogens (tertiary/aromatic N) is 4. The van der Waals surface area contributed by atoms with Crippen molar-refractivity contribution in [2.75, 3.05) is 39.7 Å². The molecule has 0 aliphatic heterocycles.